The Morgan fingerprint density at radius 3 is 2.40 bits per heavy atom. The number of carbonyl (C=O) groups excluding carboxylic acids is 2. The number of azide groups is 1. The second kappa shape index (κ2) is 6.50. The Kier molecular flexibility index (Phi) is 4.39. The lowest BCUT2D eigenvalue weighted by atomic mass is 9.93. The minimum Gasteiger partial charge on any atom is -0.274 e. The zero-order chi connectivity index (χ0) is 18.1. The van der Waals surface area contributed by atoms with Crippen molar-refractivity contribution in [3.8, 4) is 0 Å². The fourth-order valence-corrected chi connectivity index (χ4v) is 3.41. The molecular weight excluding hydrogens is 394 g/mol. The van der Waals surface area contributed by atoms with Crippen molar-refractivity contribution >= 4 is 44.2 Å². The van der Waals surface area contributed by atoms with Crippen molar-refractivity contribution in [1.29, 1.82) is 0 Å². The maximum absolute atomic E-state index is 12.7. The third kappa shape index (κ3) is 2.71. The third-order valence-corrected chi connectivity index (χ3v) is 4.60. The average molecular weight is 404 g/mol. The van der Waals surface area contributed by atoms with E-state index in [2.05, 4.69) is 26.0 Å². The summed E-state index contributed by atoms with van der Waals surface area (Å²) in [5.41, 5.74) is 8.58. The number of nitro groups is 1. The number of halogens is 1. The lowest BCUT2D eigenvalue weighted by molar-refractivity contribution is -0.383. The number of amides is 2. The van der Waals surface area contributed by atoms with E-state index < -0.39 is 16.7 Å². The van der Waals surface area contributed by atoms with Gasteiger partial charge >= 0.3 is 0 Å². The number of benzene rings is 2. The van der Waals surface area contributed by atoms with Crippen LogP contribution in [-0.2, 0) is 0 Å². The fourth-order valence-electron chi connectivity index (χ4n) is 2.88. The first-order valence-corrected chi connectivity index (χ1v) is 8.03. The van der Waals surface area contributed by atoms with Gasteiger partial charge in [-0.25, -0.2) is 0 Å². The SMILES string of the molecule is [N-]=[N+]=NCCCN1C(=O)c2ccc(Br)c3c([N+](=O)[O-])ccc(c23)C1=O. The summed E-state index contributed by atoms with van der Waals surface area (Å²) in [5.74, 6) is -1.03. The van der Waals surface area contributed by atoms with Gasteiger partial charge in [-0.3, -0.25) is 24.6 Å². The minimum absolute atomic E-state index is 0.102. The van der Waals surface area contributed by atoms with Gasteiger partial charge in [-0.2, -0.15) is 0 Å². The Hall–Kier alpha value is -2.97. The number of rotatable bonds is 5. The maximum Gasteiger partial charge on any atom is 0.278 e. The van der Waals surface area contributed by atoms with E-state index in [0.717, 1.165) is 4.90 Å². The molecule has 2 aromatic rings. The predicted octanol–water partition coefficient (Wildman–Crippen LogP) is 3.81. The Morgan fingerprint density at radius 1 is 1.16 bits per heavy atom. The molecule has 0 fully saturated rings. The van der Waals surface area contributed by atoms with Gasteiger partial charge in [0.1, 0.15) is 0 Å². The van der Waals surface area contributed by atoms with Crippen molar-refractivity contribution in [2.24, 2.45) is 5.11 Å². The van der Waals surface area contributed by atoms with Crippen LogP contribution in [-0.4, -0.2) is 34.7 Å². The van der Waals surface area contributed by atoms with Gasteiger partial charge in [0, 0.05) is 45.1 Å². The maximum atomic E-state index is 12.7. The molecule has 2 amide bonds. The van der Waals surface area contributed by atoms with Crippen molar-refractivity contribution in [1.82, 2.24) is 4.90 Å². The zero-order valence-electron chi connectivity index (χ0n) is 12.7. The molecule has 25 heavy (non-hydrogen) atoms. The highest BCUT2D eigenvalue weighted by Crippen LogP contribution is 2.39. The van der Waals surface area contributed by atoms with E-state index in [1.165, 1.54) is 18.2 Å². The van der Waals surface area contributed by atoms with Gasteiger partial charge in [-0.1, -0.05) is 5.11 Å². The topological polar surface area (TPSA) is 129 Å². The number of non-ortho nitro benzene ring substituents is 1. The first kappa shape index (κ1) is 16.9. The second-order valence-corrected chi connectivity index (χ2v) is 6.16. The van der Waals surface area contributed by atoms with Gasteiger partial charge in [0.05, 0.1) is 10.3 Å². The molecule has 3 rings (SSSR count). The molecule has 126 valence electrons. The molecule has 0 atom stereocenters. The van der Waals surface area contributed by atoms with Crippen LogP contribution in [0.3, 0.4) is 0 Å². The van der Waals surface area contributed by atoms with Crippen molar-refractivity contribution in [2.45, 2.75) is 6.42 Å². The highest BCUT2D eigenvalue weighted by atomic mass is 79.9. The van der Waals surface area contributed by atoms with Crippen LogP contribution in [0.1, 0.15) is 27.1 Å². The summed E-state index contributed by atoms with van der Waals surface area (Å²) in [6.07, 6.45) is 0.337. The second-order valence-electron chi connectivity index (χ2n) is 5.30. The van der Waals surface area contributed by atoms with E-state index in [1.807, 2.05) is 0 Å². The summed E-state index contributed by atoms with van der Waals surface area (Å²) in [7, 11) is 0. The van der Waals surface area contributed by atoms with Gasteiger partial charge in [-0.15, -0.1) is 0 Å². The van der Waals surface area contributed by atoms with Crippen LogP contribution in [0.15, 0.2) is 33.9 Å². The van der Waals surface area contributed by atoms with Crippen LogP contribution in [0.5, 0.6) is 0 Å². The Labute approximate surface area is 149 Å². The van der Waals surface area contributed by atoms with Gasteiger partial charge in [0.2, 0.25) is 0 Å². The molecule has 0 spiro atoms. The van der Waals surface area contributed by atoms with Crippen LogP contribution in [0.4, 0.5) is 5.69 Å². The number of hydrogen-bond donors (Lipinski definition) is 0. The summed E-state index contributed by atoms with van der Waals surface area (Å²) in [6, 6.07) is 5.72. The monoisotopic (exact) mass is 403 g/mol. The molecule has 1 heterocycles. The summed E-state index contributed by atoms with van der Waals surface area (Å²) in [4.78, 5) is 39.8. The van der Waals surface area contributed by atoms with Crippen LogP contribution >= 0.6 is 15.9 Å². The number of nitrogens with zero attached hydrogens (tertiary/aromatic N) is 5. The van der Waals surface area contributed by atoms with Gasteiger partial charge in [-0.05, 0) is 46.1 Å². The van der Waals surface area contributed by atoms with E-state index >= 15 is 0 Å². The fraction of sp³-hybridized carbons (Fsp3) is 0.200. The molecule has 1 aliphatic heterocycles. The molecule has 0 saturated heterocycles. The third-order valence-electron chi connectivity index (χ3n) is 3.94. The molecule has 10 heteroatoms. The molecule has 0 unspecified atom stereocenters. The van der Waals surface area contributed by atoms with E-state index in [0.29, 0.717) is 10.9 Å². The average Bonchev–Trinajstić information content (AvgIpc) is 2.59. The number of hydrogen-bond acceptors (Lipinski definition) is 5. The van der Waals surface area contributed by atoms with E-state index in [-0.39, 0.29) is 40.7 Å². The Morgan fingerprint density at radius 2 is 1.80 bits per heavy atom. The first-order valence-electron chi connectivity index (χ1n) is 7.24. The lowest BCUT2D eigenvalue weighted by Crippen LogP contribution is -2.41. The smallest absolute Gasteiger partial charge is 0.274 e. The van der Waals surface area contributed by atoms with Crippen molar-refractivity contribution < 1.29 is 14.5 Å². The largest absolute Gasteiger partial charge is 0.278 e. The number of carbonyl (C=O) groups is 2. The van der Waals surface area contributed by atoms with Gasteiger partial charge in [0.25, 0.3) is 17.5 Å². The molecule has 9 nitrogen and oxygen atoms in total. The summed E-state index contributed by atoms with van der Waals surface area (Å²) in [6.45, 7) is 0.265. The van der Waals surface area contributed by atoms with Crippen LogP contribution in [0, 0.1) is 10.1 Å². The van der Waals surface area contributed by atoms with Crippen LogP contribution in [0.25, 0.3) is 21.2 Å². The summed E-state index contributed by atoms with van der Waals surface area (Å²) >= 11 is 3.26. The van der Waals surface area contributed by atoms with E-state index in [4.69, 9.17) is 5.53 Å². The molecule has 0 saturated carbocycles. The molecule has 2 aromatic carbocycles. The number of nitro benzene ring substituents is 1. The summed E-state index contributed by atoms with van der Waals surface area (Å²) in [5, 5.41) is 15.2. The molecule has 0 radical (unpaired) electrons. The molecular formula is C15H10BrN5O4. The van der Waals surface area contributed by atoms with Crippen molar-refractivity contribution in [3.63, 3.8) is 0 Å². The van der Waals surface area contributed by atoms with Crippen molar-refractivity contribution in [3.05, 3.63) is 60.4 Å². The Bertz CT molecular complexity index is 961. The number of imide groups is 1. The standard InChI is InChI=1S/C15H10BrN5O4/c16-10-4-2-8-12-9(3-5-11(13(10)12)21(24)25)15(23)20(14(8)22)7-1-6-18-19-17/h2-5H,1,6-7H2. The normalized spacial score (nSPS) is 13.1. The van der Waals surface area contributed by atoms with Gasteiger partial charge in [0.15, 0.2) is 0 Å². The van der Waals surface area contributed by atoms with Crippen molar-refractivity contribution in [2.75, 3.05) is 13.1 Å². The first-order chi connectivity index (χ1) is 12.0. The lowest BCUT2D eigenvalue weighted by Gasteiger charge is -2.27. The zero-order valence-corrected chi connectivity index (χ0v) is 14.3. The molecule has 0 aromatic heterocycles. The summed E-state index contributed by atoms with van der Waals surface area (Å²) < 4.78 is 0.442. The highest BCUT2D eigenvalue weighted by Gasteiger charge is 2.35. The predicted molar refractivity (Wildman–Crippen MR) is 92.3 cm³/mol. The molecule has 1 aliphatic rings. The van der Waals surface area contributed by atoms with Crippen LogP contribution < -0.4 is 0 Å². The highest BCUT2D eigenvalue weighted by molar-refractivity contribution is 9.10. The van der Waals surface area contributed by atoms with Gasteiger partial charge < -0.3 is 0 Å². The van der Waals surface area contributed by atoms with Crippen LogP contribution in [0.2, 0.25) is 0 Å². The minimum atomic E-state index is -0.547. The molecule has 0 bridgehead atoms. The van der Waals surface area contributed by atoms with E-state index in [9.17, 15) is 19.7 Å². The molecule has 0 aliphatic carbocycles. The molecule has 0 N–H and O–H groups in total. The van der Waals surface area contributed by atoms with E-state index in [1.54, 1.807) is 6.07 Å². The quantitative estimate of drug-likeness (QED) is 0.143. The Balaban J connectivity index is 2.15.